The minimum absolute atomic E-state index is 0.0941. The molecule has 1 aliphatic rings. The van der Waals surface area contributed by atoms with E-state index in [9.17, 15) is 15.0 Å². The van der Waals surface area contributed by atoms with Crippen molar-refractivity contribution in [2.45, 2.75) is 6.42 Å². The largest absolute Gasteiger partial charge is 0.504 e. The lowest BCUT2D eigenvalue weighted by Crippen LogP contribution is -2.41. The number of aromatic hydroxyl groups is 2. The molecule has 3 N–H and O–H groups in total. The van der Waals surface area contributed by atoms with Crippen LogP contribution in [0.4, 0.5) is 0 Å². The third-order valence-electron chi connectivity index (χ3n) is 3.26. The van der Waals surface area contributed by atoms with Gasteiger partial charge in [0.25, 0.3) is 0 Å². The van der Waals surface area contributed by atoms with Crippen molar-refractivity contribution in [3.63, 3.8) is 0 Å². The molecule has 0 aliphatic carbocycles. The zero-order valence-corrected chi connectivity index (χ0v) is 11.3. The predicted molar refractivity (Wildman–Crippen MR) is 73.7 cm³/mol. The Morgan fingerprint density at radius 2 is 2.00 bits per heavy atom. The molecular formula is C14H20N2O4. The average Bonchev–Trinajstić information content (AvgIpc) is 2.44. The Morgan fingerprint density at radius 3 is 2.70 bits per heavy atom. The van der Waals surface area contributed by atoms with Crippen molar-refractivity contribution in [2.24, 2.45) is 0 Å². The number of hydrogen-bond donors (Lipinski definition) is 3. The highest BCUT2D eigenvalue weighted by molar-refractivity contribution is 5.78. The summed E-state index contributed by atoms with van der Waals surface area (Å²) >= 11 is 0. The minimum atomic E-state index is -0.205. The quantitative estimate of drug-likeness (QED) is 0.666. The van der Waals surface area contributed by atoms with Gasteiger partial charge in [-0.15, -0.1) is 0 Å². The number of carbonyl (C=O) groups excluding carboxylic acids is 1. The summed E-state index contributed by atoms with van der Waals surface area (Å²) in [6.45, 7) is 4.73. The Kier molecular flexibility index (Phi) is 5.20. The fourth-order valence-electron chi connectivity index (χ4n) is 2.11. The molecule has 2 rings (SSSR count). The molecule has 20 heavy (non-hydrogen) atoms. The summed E-state index contributed by atoms with van der Waals surface area (Å²) < 4.78 is 5.25. The zero-order chi connectivity index (χ0) is 14.4. The molecule has 1 aromatic rings. The van der Waals surface area contributed by atoms with E-state index in [2.05, 4.69) is 10.2 Å². The SMILES string of the molecule is O=C(Cc1ccc(O)c(O)c1)NCCN1CCOCC1. The first kappa shape index (κ1) is 14.6. The smallest absolute Gasteiger partial charge is 0.224 e. The van der Waals surface area contributed by atoms with E-state index in [1.807, 2.05) is 0 Å². The van der Waals surface area contributed by atoms with Crippen LogP contribution in [0.15, 0.2) is 18.2 Å². The van der Waals surface area contributed by atoms with E-state index in [0.29, 0.717) is 12.1 Å². The van der Waals surface area contributed by atoms with Gasteiger partial charge in [-0.05, 0) is 17.7 Å². The van der Waals surface area contributed by atoms with E-state index >= 15 is 0 Å². The van der Waals surface area contributed by atoms with Gasteiger partial charge in [0.15, 0.2) is 11.5 Å². The second-order valence-electron chi connectivity index (χ2n) is 4.80. The van der Waals surface area contributed by atoms with Crippen LogP contribution in [-0.2, 0) is 16.0 Å². The van der Waals surface area contributed by atoms with Gasteiger partial charge in [0, 0.05) is 26.2 Å². The summed E-state index contributed by atoms with van der Waals surface area (Å²) in [6, 6.07) is 4.40. The van der Waals surface area contributed by atoms with Gasteiger partial charge in [0.2, 0.25) is 5.91 Å². The van der Waals surface area contributed by atoms with Gasteiger partial charge < -0.3 is 20.3 Å². The third kappa shape index (κ3) is 4.40. The molecule has 6 nitrogen and oxygen atoms in total. The van der Waals surface area contributed by atoms with Crippen LogP contribution in [0.2, 0.25) is 0 Å². The molecule has 0 bridgehead atoms. The summed E-state index contributed by atoms with van der Waals surface area (Å²) in [5, 5.41) is 21.4. The van der Waals surface area contributed by atoms with Crippen molar-refractivity contribution in [3.05, 3.63) is 23.8 Å². The van der Waals surface area contributed by atoms with Gasteiger partial charge in [-0.3, -0.25) is 9.69 Å². The van der Waals surface area contributed by atoms with Crippen LogP contribution in [-0.4, -0.2) is 60.4 Å². The van der Waals surface area contributed by atoms with Crippen molar-refractivity contribution in [1.29, 1.82) is 0 Å². The first-order valence-electron chi connectivity index (χ1n) is 6.73. The summed E-state index contributed by atoms with van der Waals surface area (Å²) in [6.07, 6.45) is 0.191. The number of amides is 1. The van der Waals surface area contributed by atoms with E-state index in [0.717, 1.165) is 32.8 Å². The summed E-state index contributed by atoms with van der Waals surface area (Å²) in [5.74, 6) is -0.478. The Hall–Kier alpha value is -1.79. The Bertz CT molecular complexity index is 458. The van der Waals surface area contributed by atoms with E-state index in [1.54, 1.807) is 6.07 Å². The molecule has 1 amide bonds. The molecule has 1 heterocycles. The maximum atomic E-state index is 11.8. The van der Waals surface area contributed by atoms with Crippen LogP contribution in [0.5, 0.6) is 11.5 Å². The molecule has 0 saturated carbocycles. The van der Waals surface area contributed by atoms with Gasteiger partial charge in [0.05, 0.1) is 19.6 Å². The van der Waals surface area contributed by atoms with Crippen molar-refractivity contribution in [3.8, 4) is 11.5 Å². The van der Waals surface area contributed by atoms with E-state index in [1.165, 1.54) is 12.1 Å². The molecule has 0 spiro atoms. The maximum Gasteiger partial charge on any atom is 0.224 e. The minimum Gasteiger partial charge on any atom is -0.504 e. The number of hydrogen-bond acceptors (Lipinski definition) is 5. The normalized spacial score (nSPS) is 16.0. The number of carbonyl (C=O) groups is 1. The monoisotopic (exact) mass is 280 g/mol. The second kappa shape index (κ2) is 7.12. The number of rotatable bonds is 5. The highest BCUT2D eigenvalue weighted by atomic mass is 16.5. The zero-order valence-electron chi connectivity index (χ0n) is 11.3. The number of nitrogens with zero attached hydrogens (tertiary/aromatic N) is 1. The molecule has 1 aromatic carbocycles. The topological polar surface area (TPSA) is 82.0 Å². The van der Waals surface area contributed by atoms with Crippen LogP contribution in [0, 0.1) is 0 Å². The molecule has 0 atom stereocenters. The molecule has 0 radical (unpaired) electrons. The highest BCUT2D eigenvalue weighted by Crippen LogP contribution is 2.24. The number of morpholine rings is 1. The van der Waals surface area contributed by atoms with Crippen LogP contribution in [0.25, 0.3) is 0 Å². The second-order valence-corrected chi connectivity index (χ2v) is 4.80. The number of nitrogens with one attached hydrogen (secondary N) is 1. The molecule has 110 valence electrons. The van der Waals surface area contributed by atoms with Gasteiger partial charge in [-0.25, -0.2) is 0 Å². The van der Waals surface area contributed by atoms with Gasteiger partial charge in [0.1, 0.15) is 0 Å². The van der Waals surface area contributed by atoms with E-state index in [4.69, 9.17) is 4.74 Å². The van der Waals surface area contributed by atoms with Crippen molar-refractivity contribution in [2.75, 3.05) is 39.4 Å². The molecule has 1 saturated heterocycles. The fourth-order valence-corrected chi connectivity index (χ4v) is 2.11. The highest BCUT2D eigenvalue weighted by Gasteiger charge is 2.10. The van der Waals surface area contributed by atoms with Crippen molar-refractivity contribution < 1.29 is 19.7 Å². The van der Waals surface area contributed by atoms with Crippen molar-refractivity contribution in [1.82, 2.24) is 10.2 Å². The van der Waals surface area contributed by atoms with Crippen LogP contribution in [0.1, 0.15) is 5.56 Å². The number of phenolic OH excluding ortho intramolecular Hbond substituents is 2. The van der Waals surface area contributed by atoms with E-state index in [-0.39, 0.29) is 23.8 Å². The standard InChI is InChI=1S/C14H20N2O4/c17-12-2-1-11(9-13(12)18)10-14(19)15-3-4-16-5-7-20-8-6-16/h1-2,9,17-18H,3-8,10H2,(H,15,19). The first-order valence-corrected chi connectivity index (χ1v) is 6.73. The van der Waals surface area contributed by atoms with Crippen LogP contribution >= 0.6 is 0 Å². The van der Waals surface area contributed by atoms with Crippen LogP contribution in [0.3, 0.4) is 0 Å². The van der Waals surface area contributed by atoms with E-state index < -0.39 is 0 Å². The molecule has 6 heteroatoms. The molecular weight excluding hydrogens is 260 g/mol. The molecule has 0 unspecified atom stereocenters. The maximum absolute atomic E-state index is 11.8. The van der Waals surface area contributed by atoms with Gasteiger partial charge in [-0.1, -0.05) is 6.07 Å². The predicted octanol–water partition coefficient (Wildman–Crippen LogP) is 0.0887. The fraction of sp³-hybridized carbons (Fsp3) is 0.500. The summed E-state index contributed by atoms with van der Waals surface area (Å²) in [5.41, 5.74) is 0.671. The average molecular weight is 280 g/mol. The lowest BCUT2D eigenvalue weighted by Gasteiger charge is -2.26. The van der Waals surface area contributed by atoms with Crippen molar-refractivity contribution >= 4 is 5.91 Å². The summed E-state index contributed by atoms with van der Waals surface area (Å²) in [7, 11) is 0. The number of ether oxygens (including phenoxy) is 1. The Morgan fingerprint density at radius 1 is 1.25 bits per heavy atom. The number of phenols is 2. The number of benzene rings is 1. The summed E-state index contributed by atoms with van der Waals surface area (Å²) in [4.78, 5) is 14.0. The molecule has 0 aromatic heterocycles. The van der Waals surface area contributed by atoms with Gasteiger partial charge >= 0.3 is 0 Å². The van der Waals surface area contributed by atoms with Gasteiger partial charge in [-0.2, -0.15) is 0 Å². The van der Waals surface area contributed by atoms with Crippen LogP contribution < -0.4 is 5.32 Å². The third-order valence-corrected chi connectivity index (χ3v) is 3.26. The lowest BCUT2D eigenvalue weighted by atomic mass is 10.1. The Balaban J connectivity index is 1.70. The molecule has 1 aliphatic heterocycles. The molecule has 1 fully saturated rings. The Labute approximate surface area is 118 Å². The first-order chi connectivity index (χ1) is 9.65. The lowest BCUT2D eigenvalue weighted by molar-refractivity contribution is -0.120.